The molecule has 0 aliphatic rings. The van der Waals surface area contributed by atoms with E-state index in [1.54, 1.807) is 0 Å². The zero-order valence-corrected chi connectivity index (χ0v) is 4.99. The van der Waals surface area contributed by atoms with E-state index in [9.17, 15) is 4.79 Å². The topological polar surface area (TPSA) is 17.1 Å². The van der Waals surface area contributed by atoms with Crippen molar-refractivity contribution in [2.24, 2.45) is 0 Å². The van der Waals surface area contributed by atoms with Crippen LogP contribution >= 0.6 is 23.2 Å². The maximum atomic E-state index is 9.51. The molecule has 0 N–H and O–H groups in total. The molecular formula is C4H4Cl2O. The lowest BCUT2D eigenvalue weighted by atomic mass is 10.6. The van der Waals surface area contributed by atoms with Gasteiger partial charge in [0.2, 0.25) is 0 Å². The third-order valence-electron chi connectivity index (χ3n) is 0.335. The number of rotatable bonds is 2. The lowest BCUT2D eigenvalue weighted by Gasteiger charge is -1.80. The number of aldehydes is 1. The van der Waals surface area contributed by atoms with E-state index in [1.807, 2.05) is 0 Å². The minimum absolute atomic E-state index is 0.565. The summed E-state index contributed by atoms with van der Waals surface area (Å²) in [5, 5.41) is 0. The van der Waals surface area contributed by atoms with E-state index in [0.717, 1.165) is 0 Å². The number of halogens is 2. The van der Waals surface area contributed by atoms with E-state index in [0.29, 0.717) is 6.29 Å². The molecule has 1 nitrogen and oxygen atoms in total. The van der Waals surface area contributed by atoms with Crippen molar-refractivity contribution >= 4 is 29.5 Å². The van der Waals surface area contributed by atoms with Gasteiger partial charge in [-0.3, -0.25) is 4.79 Å². The second kappa shape index (κ2) is 4.16. The van der Waals surface area contributed by atoms with Gasteiger partial charge in [0.05, 0.1) is 0 Å². The zero-order valence-electron chi connectivity index (χ0n) is 3.47. The van der Waals surface area contributed by atoms with Crippen molar-refractivity contribution in [1.29, 1.82) is 0 Å². The lowest BCUT2D eigenvalue weighted by molar-refractivity contribution is -0.104. The minimum Gasteiger partial charge on any atom is -0.299 e. The molecule has 0 saturated heterocycles. The van der Waals surface area contributed by atoms with Crippen LogP contribution in [0, 0.1) is 0 Å². The van der Waals surface area contributed by atoms with Gasteiger partial charge in [0.25, 0.3) is 0 Å². The first-order valence-electron chi connectivity index (χ1n) is 1.67. The number of carbonyl (C=O) groups is 1. The molecule has 3 heteroatoms. The molecule has 0 bridgehead atoms. The average molecular weight is 139 g/mol. The van der Waals surface area contributed by atoms with Crippen LogP contribution in [0.2, 0.25) is 0 Å². The molecule has 0 unspecified atom stereocenters. The Morgan fingerprint density at radius 3 is 2.14 bits per heavy atom. The number of alkyl halides is 2. The summed E-state index contributed by atoms with van der Waals surface area (Å²) in [7, 11) is 0. The van der Waals surface area contributed by atoms with Crippen LogP contribution in [0.3, 0.4) is 0 Å². The van der Waals surface area contributed by atoms with E-state index >= 15 is 0 Å². The summed E-state index contributed by atoms with van der Waals surface area (Å²) in [5.74, 6) is 0. The molecule has 0 heterocycles. The number of allylic oxidation sites excluding steroid dienone is 2. The average Bonchev–Trinajstić information content (AvgIpc) is 1.61. The Morgan fingerprint density at radius 2 is 2.00 bits per heavy atom. The zero-order chi connectivity index (χ0) is 5.70. The summed E-state index contributed by atoms with van der Waals surface area (Å²) >= 11 is 10.4. The standard InChI is InChI=1S/C4H4Cl2O/c5-4(6)2-1-3-7/h1-4H/b2-1+. The predicted molar refractivity (Wildman–Crippen MR) is 30.7 cm³/mol. The van der Waals surface area contributed by atoms with Gasteiger partial charge in [0.15, 0.2) is 0 Å². The highest BCUT2D eigenvalue weighted by Gasteiger charge is 1.84. The van der Waals surface area contributed by atoms with Crippen LogP contribution in [0.1, 0.15) is 0 Å². The molecule has 0 aromatic heterocycles. The van der Waals surface area contributed by atoms with Crippen molar-refractivity contribution in [1.82, 2.24) is 0 Å². The largest absolute Gasteiger partial charge is 0.299 e. The van der Waals surface area contributed by atoms with E-state index in [2.05, 4.69) is 0 Å². The predicted octanol–water partition coefficient (Wildman–Crippen LogP) is 1.55. The molecule has 7 heavy (non-hydrogen) atoms. The first-order chi connectivity index (χ1) is 3.27. The Morgan fingerprint density at radius 1 is 1.43 bits per heavy atom. The summed E-state index contributed by atoms with van der Waals surface area (Å²) in [6, 6.07) is 0. The fourth-order valence-electron chi connectivity index (χ4n) is 0.129. The Hall–Kier alpha value is -0.0100. The smallest absolute Gasteiger partial charge is 0.142 e. The third-order valence-corrected chi connectivity index (χ3v) is 0.626. The van der Waals surface area contributed by atoms with E-state index in [-0.39, 0.29) is 0 Å². The number of carbonyl (C=O) groups excluding carboxylic acids is 1. The van der Waals surface area contributed by atoms with Crippen LogP contribution in [-0.2, 0) is 4.79 Å². The normalized spacial score (nSPS) is 10.7. The van der Waals surface area contributed by atoms with Crippen molar-refractivity contribution in [3.63, 3.8) is 0 Å². The number of hydrogen-bond acceptors (Lipinski definition) is 1. The SMILES string of the molecule is O=C/C=C/C(Cl)Cl. The maximum Gasteiger partial charge on any atom is 0.142 e. The Kier molecular flexibility index (Phi) is 4.15. The highest BCUT2D eigenvalue weighted by Crippen LogP contribution is 2.00. The highest BCUT2D eigenvalue weighted by molar-refractivity contribution is 6.45. The fraction of sp³-hybridized carbons (Fsp3) is 0.250. The Labute approximate surface area is 51.9 Å². The molecule has 0 aromatic carbocycles. The fourth-order valence-corrected chi connectivity index (χ4v) is 0.297. The molecule has 0 saturated carbocycles. The summed E-state index contributed by atoms with van der Waals surface area (Å²) in [5.41, 5.74) is 0. The molecule has 40 valence electrons. The van der Waals surface area contributed by atoms with E-state index in [4.69, 9.17) is 23.2 Å². The molecule has 0 fully saturated rings. The monoisotopic (exact) mass is 138 g/mol. The maximum absolute atomic E-state index is 9.51. The summed E-state index contributed by atoms with van der Waals surface area (Å²) < 4.78 is 0. The van der Waals surface area contributed by atoms with Crippen LogP contribution in [0.5, 0.6) is 0 Å². The molecule has 0 spiro atoms. The van der Waals surface area contributed by atoms with Crippen LogP contribution in [0.25, 0.3) is 0 Å². The molecule has 0 aliphatic heterocycles. The molecular weight excluding hydrogens is 135 g/mol. The van der Waals surface area contributed by atoms with Crippen molar-refractivity contribution < 1.29 is 4.79 Å². The molecule has 0 atom stereocenters. The third kappa shape index (κ3) is 5.99. The summed E-state index contributed by atoms with van der Waals surface area (Å²) in [4.78, 5) is 8.94. The first-order valence-corrected chi connectivity index (χ1v) is 2.55. The number of hydrogen-bond donors (Lipinski definition) is 0. The van der Waals surface area contributed by atoms with Gasteiger partial charge in [0, 0.05) is 0 Å². The summed E-state index contributed by atoms with van der Waals surface area (Å²) in [6.07, 6.45) is 3.26. The highest BCUT2D eigenvalue weighted by atomic mass is 35.5. The quantitative estimate of drug-likeness (QED) is 0.322. The van der Waals surface area contributed by atoms with Crippen LogP contribution < -0.4 is 0 Å². The van der Waals surface area contributed by atoms with E-state index < -0.39 is 4.84 Å². The van der Waals surface area contributed by atoms with Crippen LogP contribution in [-0.4, -0.2) is 11.1 Å². The second-order valence-corrected chi connectivity index (χ2v) is 2.02. The van der Waals surface area contributed by atoms with Gasteiger partial charge >= 0.3 is 0 Å². The molecule has 0 aromatic rings. The first kappa shape index (κ1) is 6.99. The van der Waals surface area contributed by atoms with Gasteiger partial charge in [0.1, 0.15) is 11.1 Å². The van der Waals surface area contributed by atoms with Gasteiger partial charge in [-0.2, -0.15) is 0 Å². The van der Waals surface area contributed by atoms with Crippen LogP contribution in [0.4, 0.5) is 0 Å². The molecule has 0 amide bonds. The van der Waals surface area contributed by atoms with Gasteiger partial charge < -0.3 is 0 Å². The lowest BCUT2D eigenvalue weighted by Crippen LogP contribution is -1.74. The van der Waals surface area contributed by atoms with Crippen molar-refractivity contribution in [3.8, 4) is 0 Å². The Bertz CT molecular complexity index is 77.8. The van der Waals surface area contributed by atoms with Gasteiger partial charge in [-0.25, -0.2) is 0 Å². The molecule has 0 radical (unpaired) electrons. The van der Waals surface area contributed by atoms with E-state index in [1.165, 1.54) is 12.2 Å². The molecule has 0 rings (SSSR count). The van der Waals surface area contributed by atoms with Gasteiger partial charge in [-0.1, -0.05) is 0 Å². The molecule has 0 aliphatic carbocycles. The Balaban J connectivity index is 3.25. The van der Waals surface area contributed by atoms with Crippen molar-refractivity contribution in [3.05, 3.63) is 12.2 Å². The second-order valence-electron chi connectivity index (χ2n) is 0.855. The van der Waals surface area contributed by atoms with Crippen molar-refractivity contribution in [2.45, 2.75) is 4.84 Å². The minimum atomic E-state index is -0.565. The van der Waals surface area contributed by atoms with Crippen LogP contribution in [0.15, 0.2) is 12.2 Å². The summed E-state index contributed by atoms with van der Waals surface area (Å²) in [6.45, 7) is 0. The van der Waals surface area contributed by atoms with Gasteiger partial charge in [-0.05, 0) is 12.2 Å². The van der Waals surface area contributed by atoms with Crippen molar-refractivity contribution in [2.75, 3.05) is 0 Å². The van der Waals surface area contributed by atoms with Gasteiger partial charge in [-0.15, -0.1) is 23.2 Å².